The summed E-state index contributed by atoms with van der Waals surface area (Å²) >= 11 is 0. The van der Waals surface area contributed by atoms with Gasteiger partial charge in [-0.25, -0.2) is 4.68 Å². The van der Waals surface area contributed by atoms with Crippen LogP contribution in [0.5, 0.6) is 5.75 Å². The predicted molar refractivity (Wildman–Crippen MR) is 138 cm³/mol. The molecule has 3 aliphatic rings. The van der Waals surface area contributed by atoms with Gasteiger partial charge in [-0.3, -0.25) is 24.5 Å². The number of benzene rings is 2. The summed E-state index contributed by atoms with van der Waals surface area (Å²) in [6.45, 7) is 1.55. The van der Waals surface area contributed by atoms with Gasteiger partial charge in [-0.1, -0.05) is 23.4 Å². The smallest absolute Gasteiger partial charge is 0.276 e. The molecular weight excluding hydrogens is 500 g/mol. The van der Waals surface area contributed by atoms with Gasteiger partial charge in [0.1, 0.15) is 11.8 Å². The molecule has 4 heterocycles. The first kappa shape index (κ1) is 24.8. The summed E-state index contributed by atoms with van der Waals surface area (Å²) < 4.78 is 6.74. The Morgan fingerprint density at radius 3 is 2.67 bits per heavy atom. The van der Waals surface area contributed by atoms with Crippen LogP contribution < -0.4 is 10.1 Å². The van der Waals surface area contributed by atoms with Crippen molar-refractivity contribution in [1.29, 1.82) is 0 Å². The summed E-state index contributed by atoms with van der Waals surface area (Å²) in [5, 5.41) is 10.6. The number of piperidine rings is 2. The minimum atomic E-state index is -0.673. The number of nitrogens with one attached hydrogen (secondary N) is 1. The number of likely N-dealkylation sites (tertiary alicyclic amines) is 1. The van der Waals surface area contributed by atoms with E-state index in [1.165, 1.54) is 15.1 Å². The van der Waals surface area contributed by atoms with E-state index in [-0.39, 0.29) is 35.8 Å². The molecule has 0 aliphatic carbocycles. The molecule has 3 aromatic rings. The lowest BCUT2D eigenvalue weighted by atomic mass is 9.90. The van der Waals surface area contributed by atoms with Crippen LogP contribution in [0, 0.1) is 0 Å². The van der Waals surface area contributed by atoms with Gasteiger partial charge in [0.15, 0.2) is 5.69 Å². The number of imide groups is 1. The molecule has 6 rings (SSSR count). The highest BCUT2D eigenvalue weighted by atomic mass is 16.5. The average molecular weight is 529 g/mol. The van der Waals surface area contributed by atoms with Crippen molar-refractivity contribution in [2.75, 3.05) is 20.2 Å². The van der Waals surface area contributed by atoms with Crippen LogP contribution in [0.4, 0.5) is 0 Å². The molecule has 2 saturated heterocycles. The molecule has 11 nitrogen and oxygen atoms in total. The van der Waals surface area contributed by atoms with E-state index in [2.05, 4.69) is 15.6 Å². The molecule has 3 aliphatic heterocycles. The van der Waals surface area contributed by atoms with Crippen molar-refractivity contribution in [3.05, 3.63) is 71.0 Å². The van der Waals surface area contributed by atoms with Crippen molar-refractivity contribution >= 4 is 23.6 Å². The van der Waals surface area contributed by atoms with E-state index < -0.39 is 11.9 Å². The van der Waals surface area contributed by atoms with Crippen LogP contribution in [0.1, 0.15) is 63.6 Å². The normalized spacial score (nSPS) is 21.1. The molecule has 4 amide bonds. The quantitative estimate of drug-likeness (QED) is 0.502. The Hall–Kier alpha value is -4.54. The number of ether oxygens (including phenoxy) is 1. The van der Waals surface area contributed by atoms with Crippen molar-refractivity contribution in [3.8, 4) is 11.4 Å². The maximum atomic E-state index is 13.3. The number of amides is 4. The monoisotopic (exact) mass is 528 g/mol. The summed E-state index contributed by atoms with van der Waals surface area (Å²) in [5.74, 6) is -0.176. The second kappa shape index (κ2) is 9.97. The first-order valence-electron chi connectivity index (χ1n) is 13.0. The SMILES string of the molecule is COc1ccc(C2CCCN(C(=O)c3cn(-c4ccc5c(c4)C(=O)N(C4CCC(=O)NC4=O)C5)nn3)C2)cc1. The van der Waals surface area contributed by atoms with Gasteiger partial charge in [0.05, 0.1) is 19.0 Å². The number of carbonyl (C=O) groups excluding carboxylic acids is 4. The lowest BCUT2D eigenvalue weighted by Crippen LogP contribution is -2.52. The fraction of sp³-hybridized carbons (Fsp3) is 0.357. The molecule has 1 N–H and O–H groups in total. The van der Waals surface area contributed by atoms with E-state index in [0.717, 1.165) is 24.2 Å². The molecular formula is C28H28N6O5. The zero-order valence-electron chi connectivity index (χ0n) is 21.5. The zero-order chi connectivity index (χ0) is 27.1. The number of carbonyl (C=O) groups is 4. The van der Waals surface area contributed by atoms with Gasteiger partial charge in [0.25, 0.3) is 11.8 Å². The summed E-state index contributed by atoms with van der Waals surface area (Å²) in [6, 6.07) is 12.6. The Kier molecular flexibility index (Phi) is 6.34. The minimum absolute atomic E-state index is 0.180. The van der Waals surface area contributed by atoms with Crippen LogP contribution in [0.2, 0.25) is 0 Å². The second-order valence-electron chi connectivity index (χ2n) is 10.2. The molecule has 2 aromatic carbocycles. The third kappa shape index (κ3) is 4.64. The number of fused-ring (bicyclic) bond motifs is 1. The number of hydrogen-bond acceptors (Lipinski definition) is 7. The van der Waals surface area contributed by atoms with E-state index >= 15 is 0 Å². The number of aromatic nitrogens is 3. The first-order chi connectivity index (χ1) is 18.9. The van der Waals surface area contributed by atoms with Gasteiger partial charge in [-0.2, -0.15) is 0 Å². The van der Waals surface area contributed by atoms with Crippen LogP contribution in [0.25, 0.3) is 5.69 Å². The molecule has 0 bridgehead atoms. The van der Waals surface area contributed by atoms with Crippen LogP contribution in [0.3, 0.4) is 0 Å². The van der Waals surface area contributed by atoms with Crippen molar-refractivity contribution in [2.45, 2.75) is 44.2 Å². The lowest BCUT2D eigenvalue weighted by molar-refractivity contribution is -0.136. The average Bonchev–Trinajstić information content (AvgIpc) is 3.58. The van der Waals surface area contributed by atoms with E-state index in [1.54, 1.807) is 19.4 Å². The molecule has 2 fully saturated rings. The van der Waals surface area contributed by atoms with Crippen molar-refractivity contribution in [1.82, 2.24) is 30.1 Å². The largest absolute Gasteiger partial charge is 0.497 e. The van der Waals surface area contributed by atoms with Crippen molar-refractivity contribution in [2.24, 2.45) is 0 Å². The third-order valence-corrected chi connectivity index (χ3v) is 7.78. The van der Waals surface area contributed by atoms with Gasteiger partial charge in [-0.15, -0.1) is 5.10 Å². The van der Waals surface area contributed by atoms with Crippen LogP contribution >= 0.6 is 0 Å². The van der Waals surface area contributed by atoms with Crippen LogP contribution in [-0.4, -0.2) is 74.7 Å². The van der Waals surface area contributed by atoms with Gasteiger partial charge in [0.2, 0.25) is 11.8 Å². The number of methoxy groups -OCH3 is 1. The Labute approximate surface area is 224 Å². The fourth-order valence-corrected chi connectivity index (χ4v) is 5.64. The van der Waals surface area contributed by atoms with Gasteiger partial charge in [-0.05, 0) is 54.7 Å². The van der Waals surface area contributed by atoms with E-state index in [9.17, 15) is 19.2 Å². The molecule has 1 aromatic heterocycles. The Morgan fingerprint density at radius 2 is 1.90 bits per heavy atom. The zero-order valence-corrected chi connectivity index (χ0v) is 21.5. The molecule has 11 heteroatoms. The molecule has 0 spiro atoms. The summed E-state index contributed by atoms with van der Waals surface area (Å²) in [7, 11) is 1.64. The summed E-state index contributed by atoms with van der Waals surface area (Å²) in [6.07, 6.45) is 3.99. The van der Waals surface area contributed by atoms with Crippen molar-refractivity contribution in [3.63, 3.8) is 0 Å². The van der Waals surface area contributed by atoms with Gasteiger partial charge < -0.3 is 14.5 Å². The predicted octanol–water partition coefficient (Wildman–Crippen LogP) is 2.06. The summed E-state index contributed by atoms with van der Waals surface area (Å²) in [5.41, 5.74) is 3.27. The van der Waals surface area contributed by atoms with E-state index in [0.29, 0.717) is 37.3 Å². The maximum Gasteiger partial charge on any atom is 0.276 e. The van der Waals surface area contributed by atoms with Crippen LogP contribution in [0.15, 0.2) is 48.7 Å². The van der Waals surface area contributed by atoms with Crippen molar-refractivity contribution < 1.29 is 23.9 Å². The minimum Gasteiger partial charge on any atom is -0.497 e. The first-order valence-corrected chi connectivity index (χ1v) is 13.0. The molecule has 2 atom stereocenters. The Bertz CT molecular complexity index is 1470. The number of nitrogens with zero attached hydrogens (tertiary/aromatic N) is 5. The Morgan fingerprint density at radius 1 is 1.08 bits per heavy atom. The van der Waals surface area contributed by atoms with E-state index in [4.69, 9.17) is 4.74 Å². The number of rotatable bonds is 5. The molecule has 39 heavy (non-hydrogen) atoms. The summed E-state index contributed by atoms with van der Waals surface area (Å²) in [4.78, 5) is 53.6. The standard InChI is InChI=1S/C28H28N6O5/c1-39-21-8-5-17(6-9-21)18-3-2-12-32(14-18)28(38)23-16-34(31-30-23)20-7-4-19-15-33(27(37)22(19)13-20)24-10-11-25(35)29-26(24)36/h4-9,13,16,18,24H,2-3,10-12,14-15H2,1H3,(H,29,35,36). The topological polar surface area (TPSA) is 127 Å². The highest BCUT2D eigenvalue weighted by molar-refractivity contribution is 6.05. The molecule has 0 radical (unpaired) electrons. The lowest BCUT2D eigenvalue weighted by Gasteiger charge is -2.32. The molecule has 0 saturated carbocycles. The third-order valence-electron chi connectivity index (χ3n) is 7.78. The Balaban J connectivity index is 1.16. The van der Waals surface area contributed by atoms with Gasteiger partial charge >= 0.3 is 0 Å². The van der Waals surface area contributed by atoms with E-state index in [1.807, 2.05) is 41.3 Å². The number of hydrogen-bond donors (Lipinski definition) is 1. The second-order valence-corrected chi connectivity index (χ2v) is 10.2. The highest BCUT2D eigenvalue weighted by Gasteiger charge is 2.39. The molecule has 200 valence electrons. The molecule has 2 unspecified atom stereocenters. The van der Waals surface area contributed by atoms with Gasteiger partial charge in [0, 0.05) is 37.5 Å². The maximum absolute atomic E-state index is 13.3. The fourth-order valence-electron chi connectivity index (χ4n) is 5.64. The highest BCUT2D eigenvalue weighted by Crippen LogP contribution is 2.30. The van der Waals surface area contributed by atoms with Crippen LogP contribution in [-0.2, 0) is 16.1 Å².